The number of anilines is 4. The van der Waals surface area contributed by atoms with Crippen molar-refractivity contribution >= 4 is 69.3 Å². The van der Waals surface area contributed by atoms with Crippen LogP contribution in [-0.2, 0) is 59.8 Å². The highest BCUT2D eigenvalue weighted by atomic mass is 31.2. The van der Waals surface area contributed by atoms with Gasteiger partial charge in [0, 0.05) is 12.4 Å². The third-order valence-electron chi connectivity index (χ3n) is 13.1. The lowest BCUT2D eigenvalue weighted by atomic mass is 10.1. The van der Waals surface area contributed by atoms with Crippen molar-refractivity contribution in [1.82, 2.24) is 58.1 Å². The van der Waals surface area contributed by atoms with Crippen LogP contribution in [0.2, 0.25) is 0 Å². The molecule has 4 fully saturated rings. The van der Waals surface area contributed by atoms with E-state index in [0.717, 1.165) is 44.8 Å². The number of rotatable bonds is 20. The van der Waals surface area contributed by atoms with Gasteiger partial charge in [-0.15, -0.1) is 0 Å². The molecule has 452 valence electrons. The molecule has 45 heteroatoms. The zero-order valence-corrected chi connectivity index (χ0v) is 44.3. The van der Waals surface area contributed by atoms with Crippen molar-refractivity contribution in [3.05, 3.63) is 78.9 Å². The number of aromatic amines is 2. The molecule has 0 saturated carbocycles. The Morgan fingerprint density at radius 3 is 1.25 bits per heavy atom. The SMILES string of the molecule is Nc1ccn([C@@H]2O[C@H](COP(=O)(O)O[C@H]3[C@@H](O)[C@H](n4ccc(N)nc4=O)O[C@@H]3COP(=O)(O)O[C@H]3[C@@H](O)[C@H](n4cnc5c(=O)[nH]c(N)nc54)O[C@@H]3COP(=O)(O)O[C@H]3[C@@H](O)[C@H](n4cnc5c(=O)[nH]c(N)nc54)O[C@@H]3CO)[C@@H](O)[C@H]2O)c(=O)n1. The minimum absolute atomic E-state index is 0.184. The molecule has 6 aromatic rings. The van der Waals surface area contributed by atoms with Crippen LogP contribution >= 0.6 is 23.5 Å². The highest BCUT2D eigenvalue weighted by molar-refractivity contribution is 7.48. The van der Waals surface area contributed by atoms with E-state index in [2.05, 4.69) is 39.9 Å². The molecule has 83 heavy (non-hydrogen) atoms. The molecule has 4 aliphatic heterocycles. The van der Waals surface area contributed by atoms with E-state index >= 15 is 0 Å². The van der Waals surface area contributed by atoms with Crippen molar-refractivity contribution in [3.63, 3.8) is 0 Å². The number of nitrogens with one attached hydrogen (secondary N) is 2. The summed E-state index contributed by atoms with van der Waals surface area (Å²) in [6, 6.07) is 2.27. The Balaban J connectivity index is 0.864. The number of imidazole rings is 2. The second-order valence-electron chi connectivity index (χ2n) is 18.5. The molecule has 10 heterocycles. The molecule has 4 aliphatic rings. The number of hydrogen-bond donors (Lipinski definition) is 15. The average molecular weight is 1240 g/mol. The predicted molar refractivity (Wildman–Crippen MR) is 266 cm³/mol. The number of nitrogens with zero attached hydrogens (tertiary/aromatic N) is 10. The fraction of sp³-hybridized carbons (Fsp3) is 0.526. The first-order chi connectivity index (χ1) is 39.1. The monoisotopic (exact) mass is 1240 g/mol. The van der Waals surface area contributed by atoms with Gasteiger partial charge in [0.1, 0.15) is 84.9 Å². The number of phosphoric ester groups is 3. The van der Waals surface area contributed by atoms with E-state index in [1.54, 1.807) is 0 Å². The number of nitrogen functional groups attached to an aromatic ring is 4. The zero-order valence-electron chi connectivity index (χ0n) is 41.6. The third-order valence-corrected chi connectivity index (χ3v) is 16.1. The highest BCUT2D eigenvalue weighted by Gasteiger charge is 2.55. The van der Waals surface area contributed by atoms with Gasteiger partial charge in [-0.25, -0.2) is 33.3 Å². The molecule has 0 spiro atoms. The van der Waals surface area contributed by atoms with E-state index in [9.17, 15) is 78.2 Å². The van der Waals surface area contributed by atoms with Gasteiger partial charge in [-0.2, -0.15) is 19.9 Å². The minimum Gasteiger partial charge on any atom is -0.394 e. The van der Waals surface area contributed by atoms with Gasteiger partial charge in [0.2, 0.25) is 11.9 Å². The van der Waals surface area contributed by atoms with Crippen molar-refractivity contribution < 1.29 is 105 Å². The molecule has 0 bridgehead atoms. The quantitative estimate of drug-likeness (QED) is 0.0316. The van der Waals surface area contributed by atoms with Gasteiger partial charge in [-0.3, -0.25) is 65.0 Å². The van der Waals surface area contributed by atoms with Gasteiger partial charge in [0.15, 0.2) is 47.2 Å². The smallest absolute Gasteiger partial charge is 0.394 e. The molecule has 0 amide bonds. The van der Waals surface area contributed by atoms with Gasteiger partial charge in [-0.1, -0.05) is 0 Å². The summed E-state index contributed by atoms with van der Waals surface area (Å²) < 4.78 is 98.8. The predicted octanol–water partition coefficient (Wildman–Crippen LogP) is -7.01. The van der Waals surface area contributed by atoms with Crippen LogP contribution in [0.5, 0.6) is 0 Å². The number of fused-ring (bicyclic) bond motifs is 2. The van der Waals surface area contributed by atoms with E-state index in [1.165, 1.54) is 6.07 Å². The lowest BCUT2D eigenvalue weighted by Crippen LogP contribution is -2.38. The summed E-state index contributed by atoms with van der Waals surface area (Å²) in [7, 11) is -16.9. The number of phosphoric acid groups is 3. The van der Waals surface area contributed by atoms with Gasteiger partial charge >= 0.3 is 34.8 Å². The molecular formula is C38H49N16O26P3. The molecule has 0 aromatic carbocycles. The summed E-state index contributed by atoms with van der Waals surface area (Å²) >= 11 is 0. The fourth-order valence-electron chi connectivity index (χ4n) is 9.30. The number of aliphatic hydroxyl groups is 6. The van der Waals surface area contributed by atoms with Crippen LogP contribution in [0.15, 0.2) is 56.4 Å². The largest absolute Gasteiger partial charge is 0.472 e. The number of aromatic nitrogens is 12. The summed E-state index contributed by atoms with van der Waals surface area (Å²) in [4.78, 5) is 111. The van der Waals surface area contributed by atoms with Crippen molar-refractivity contribution in [2.45, 2.75) is 98.2 Å². The third kappa shape index (κ3) is 12.0. The molecule has 19 N–H and O–H groups in total. The number of aliphatic hydroxyl groups excluding tert-OH is 6. The number of nitrogens with two attached hydrogens (primary N) is 4. The summed E-state index contributed by atoms with van der Waals surface area (Å²) in [6.45, 7) is -4.52. The molecule has 0 aliphatic carbocycles. The normalized spacial score (nSPS) is 32.3. The number of hydrogen-bond acceptors (Lipinski definition) is 33. The van der Waals surface area contributed by atoms with E-state index in [4.69, 9.17) is 69.0 Å². The Morgan fingerprint density at radius 1 is 0.506 bits per heavy atom. The summed E-state index contributed by atoms with van der Waals surface area (Å²) in [5.41, 5.74) is 17.6. The van der Waals surface area contributed by atoms with Crippen LogP contribution < -0.4 is 45.4 Å². The minimum atomic E-state index is -5.76. The standard InChI is InChI=1S/C38H49N16O26P3/c39-15-1-3-51(37(63)45-15)31-20(57)19(56)12(75-31)6-71-81(65,66)79-25-13(76-32(22(25)59)52-4-2-16(40)46-38(52)64)7-73-83(69,70)80-26-14(77-34(23(26)60)54-10-44-18-28(54)48-36(42)50-30(18)62)8-72-82(67,68)78-24-11(5-55)74-33(21(24)58)53-9-43-17-27(53)47-35(41)49-29(17)61/h1-4,9-14,19-26,31-34,55-60H,5-8H2,(H,65,66)(H,67,68)(H,69,70)(H2,39,45,63)(H2,40,46,64)(H3,41,47,49,61)(H3,42,48,50,62)/t11-,12-,13-,14-,19-,20-,21-,22-,23-,24-,25-,26-,31-,32-,33-,34-/m1/s1. The first-order valence-corrected chi connectivity index (χ1v) is 28.4. The maximum Gasteiger partial charge on any atom is 0.472 e. The van der Waals surface area contributed by atoms with E-state index in [1.807, 2.05) is 0 Å². The topological polar surface area (TPSA) is 627 Å². The van der Waals surface area contributed by atoms with Crippen LogP contribution in [0.25, 0.3) is 22.3 Å². The average Bonchev–Trinajstić information content (AvgIpc) is 3.96. The summed E-state index contributed by atoms with van der Waals surface area (Å²) in [6.07, 6.45) is -26.4. The van der Waals surface area contributed by atoms with Crippen LogP contribution in [0.3, 0.4) is 0 Å². The Kier molecular flexibility index (Phi) is 16.5. The summed E-state index contributed by atoms with van der Waals surface area (Å²) in [5.74, 6) is -1.27. The molecule has 42 nitrogen and oxygen atoms in total. The molecule has 0 radical (unpaired) electrons. The number of ether oxygens (including phenoxy) is 4. The second-order valence-corrected chi connectivity index (χ2v) is 22.8. The molecule has 3 unspecified atom stereocenters. The van der Waals surface area contributed by atoms with E-state index in [0.29, 0.717) is 4.57 Å². The van der Waals surface area contributed by atoms with Crippen molar-refractivity contribution in [3.8, 4) is 0 Å². The lowest BCUT2D eigenvalue weighted by Gasteiger charge is -2.26. The van der Waals surface area contributed by atoms with Gasteiger partial charge in [0.25, 0.3) is 11.1 Å². The molecular weight excluding hydrogens is 1190 g/mol. The first kappa shape index (κ1) is 59.7. The maximum atomic E-state index is 14.0. The molecule has 6 aromatic heterocycles. The first-order valence-electron chi connectivity index (χ1n) is 23.9. The Hall–Kier alpha value is -6.41. The molecule has 4 saturated heterocycles. The van der Waals surface area contributed by atoms with Crippen molar-refractivity contribution in [1.29, 1.82) is 0 Å². The Morgan fingerprint density at radius 2 is 0.855 bits per heavy atom. The number of H-pyrrole nitrogens is 2. The zero-order chi connectivity index (χ0) is 59.8. The van der Waals surface area contributed by atoms with Crippen LogP contribution in [-0.4, -0.2) is 203 Å². The molecule has 10 rings (SSSR count). The van der Waals surface area contributed by atoms with Crippen molar-refractivity contribution in [2.75, 3.05) is 49.4 Å². The van der Waals surface area contributed by atoms with E-state index < -0.39 is 177 Å². The van der Waals surface area contributed by atoms with Gasteiger partial charge < -0.3 is 87.2 Å². The maximum absolute atomic E-state index is 14.0. The van der Waals surface area contributed by atoms with Crippen molar-refractivity contribution in [2.24, 2.45) is 0 Å². The van der Waals surface area contributed by atoms with Gasteiger partial charge in [0.05, 0.1) is 39.1 Å². The van der Waals surface area contributed by atoms with Crippen LogP contribution in [0.1, 0.15) is 24.9 Å². The van der Waals surface area contributed by atoms with E-state index in [-0.39, 0.29) is 39.9 Å². The second kappa shape index (κ2) is 22.9. The highest BCUT2D eigenvalue weighted by Crippen LogP contribution is 2.54. The fourth-order valence-corrected chi connectivity index (χ4v) is 12.2. The Labute approximate surface area is 458 Å². The van der Waals surface area contributed by atoms with Crippen LogP contribution in [0, 0.1) is 0 Å². The summed E-state index contributed by atoms with van der Waals surface area (Å²) in [5, 5.41) is 66.1. The van der Waals surface area contributed by atoms with Gasteiger partial charge in [-0.05, 0) is 12.1 Å². The lowest BCUT2D eigenvalue weighted by molar-refractivity contribution is -0.0651. The molecule has 19 atom stereocenters. The van der Waals surface area contributed by atoms with Crippen LogP contribution in [0.4, 0.5) is 23.5 Å². The Bertz CT molecular complexity index is 3810.